The van der Waals surface area contributed by atoms with Crippen LogP contribution in [0.3, 0.4) is 0 Å². The number of carboxylic acids is 1. The van der Waals surface area contributed by atoms with Gasteiger partial charge in [-0.25, -0.2) is 4.98 Å². The summed E-state index contributed by atoms with van der Waals surface area (Å²) in [4.78, 5) is 48.8. The maximum Gasteiger partial charge on any atom is 0.323 e. The molecule has 2 aliphatic heterocycles. The van der Waals surface area contributed by atoms with E-state index in [1.165, 1.54) is 21.1 Å². The lowest BCUT2D eigenvalue weighted by atomic mass is 10.1. The van der Waals surface area contributed by atoms with Crippen LogP contribution in [0.1, 0.15) is 5.56 Å². The highest BCUT2D eigenvalue weighted by molar-refractivity contribution is 8.18. The third-order valence-electron chi connectivity index (χ3n) is 4.23. The van der Waals surface area contributed by atoms with Gasteiger partial charge in [0.25, 0.3) is 11.8 Å². The van der Waals surface area contributed by atoms with E-state index in [9.17, 15) is 19.5 Å². The van der Waals surface area contributed by atoms with Gasteiger partial charge in [-0.1, -0.05) is 24.3 Å². The van der Waals surface area contributed by atoms with Crippen molar-refractivity contribution in [3.05, 3.63) is 59.0 Å². The molecule has 8 nitrogen and oxygen atoms in total. The molecule has 2 aliphatic rings. The first kappa shape index (κ1) is 19.1. The number of carbonyl (C=O) groups is 3. The summed E-state index contributed by atoms with van der Waals surface area (Å²) in [6.45, 7) is 3.42. The molecular formula is C19H14N4O4S2. The molecule has 3 heterocycles. The maximum absolute atomic E-state index is 13.1. The minimum atomic E-state index is -1.14. The normalized spacial score (nSPS) is 19.9. The Bertz CT molecular complexity index is 1090. The van der Waals surface area contributed by atoms with Crippen LogP contribution in [0.4, 0.5) is 10.8 Å². The van der Waals surface area contributed by atoms with Crippen LogP contribution in [0.15, 0.2) is 58.4 Å². The Morgan fingerprint density at radius 1 is 1.24 bits per heavy atom. The number of aliphatic imine (C=N–C) groups is 1. The van der Waals surface area contributed by atoms with Gasteiger partial charge in [-0.05, 0) is 17.8 Å². The summed E-state index contributed by atoms with van der Waals surface area (Å²) in [5, 5.41) is 11.9. The third-order valence-corrected chi connectivity index (χ3v) is 5.97. The van der Waals surface area contributed by atoms with E-state index in [1.807, 2.05) is 0 Å². The van der Waals surface area contributed by atoms with Gasteiger partial charge in [-0.15, -0.1) is 17.9 Å². The fourth-order valence-electron chi connectivity index (χ4n) is 3.08. The Morgan fingerprint density at radius 2 is 2.03 bits per heavy atom. The van der Waals surface area contributed by atoms with Crippen molar-refractivity contribution in [2.45, 2.75) is 0 Å². The van der Waals surface area contributed by atoms with E-state index in [0.29, 0.717) is 21.6 Å². The van der Waals surface area contributed by atoms with Crippen molar-refractivity contribution in [3.8, 4) is 0 Å². The number of carboxylic acid groups (broad SMARTS) is 1. The van der Waals surface area contributed by atoms with E-state index in [-0.39, 0.29) is 22.9 Å². The molecule has 1 aromatic carbocycles. The Hall–Kier alpha value is -3.24. The van der Waals surface area contributed by atoms with E-state index in [2.05, 4.69) is 16.6 Å². The van der Waals surface area contributed by atoms with Crippen LogP contribution in [0, 0.1) is 0 Å². The lowest BCUT2D eigenvalue weighted by molar-refractivity contribution is -0.136. The highest BCUT2D eigenvalue weighted by atomic mass is 32.2. The molecule has 0 unspecified atom stereocenters. The minimum Gasteiger partial charge on any atom is -0.480 e. The zero-order chi connectivity index (χ0) is 20.5. The molecule has 1 fully saturated rings. The van der Waals surface area contributed by atoms with Crippen molar-refractivity contribution in [3.63, 3.8) is 0 Å². The number of hydrogen-bond acceptors (Lipinski definition) is 7. The molecule has 1 aromatic heterocycles. The number of rotatable bonds is 5. The second-order valence-electron chi connectivity index (χ2n) is 6.02. The van der Waals surface area contributed by atoms with Crippen LogP contribution < -0.4 is 4.90 Å². The smallest absolute Gasteiger partial charge is 0.323 e. The number of benzene rings is 1. The zero-order valence-electron chi connectivity index (χ0n) is 14.9. The molecule has 0 radical (unpaired) electrons. The fourth-order valence-corrected chi connectivity index (χ4v) is 4.72. The summed E-state index contributed by atoms with van der Waals surface area (Å²) in [5.41, 5.74) is 1.19. The molecule has 2 aromatic rings. The Labute approximate surface area is 173 Å². The van der Waals surface area contributed by atoms with E-state index >= 15 is 0 Å². The van der Waals surface area contributed by atoms with Crippen LogP contribution in [-0.2, 0) is 14.4 Å². The molecular weight excluding hydrogens is 412 g/mol. The molecule has 29 heavy (non-hydrogen) atoms. The molecule has 10 heteroatoms. The van der Waals surface area contributed by atoms with Gasteiger partial charge in [-0.2, -0.15) is 4.99 Å². The summed E-state index contributed by atoms with van der Waals surface area (Å²) >= 11 is 2.41. The number of para-hydroxylation sites is 1. The van der Waals surface area contributed by atoms with E-state index in [1.54, 1.807) is 41.9 Å². The average Bonchev–Trinajstić information content (AvgIpc) is 3.37. The van der Waals surface area contributed by atoms with E-state index < -0.39 is 18.4 Å². The van der Waals surface area contributed by atoms with E-state index in [4.69, 9.17) is 0 Å². The van der Waals surface area contributed by atoms with Crippen LogP contribution in [-0.4, -0.2) is 51.0 Å². The number of nitrogens with zero attached hydrogens (tertiary/aromatic N) is 4. The Balaban J connectivity index is 1.84. The van der Waals surface area contributed by atoms with Gasteiger partial charge < -0.3 is 5.11 Å². The van der Waals surface area contributed by atoms with Gasteiger partial charge in [0.15, 0.2) is 5.17 Å². The predicted octanol–water partition coefficient (Wildman–Crippen LogP) is 2.73. The number of fused-ring (bicyclic) bond motifs is 1. The summed E-state index contributed by atoms with van der Waals surface area (Å²) in [6, 6.07) is 6.84. The van der Waals surface area contributed by atoms with Crippen LogP contribution >= 0.6 is 23.1 Å². The standard InChI is InChI=1S/C19H14N4O4S2/c1-2-8-22-17(27)15(29-19(22)21-18-20-7-9-28-18)14-11-5-3-4-6-12(11)23(16(14)26)10-13(24)25/h2-7,9H,1,8,10H2,(H,24,25)/b15-14-,21-19-. The Morgan fingerprint density at radius 3 is 2.72 bits per heavy atom. The van der Waals surface area contributed by atoms with Gasteiger partial charge >= 0.3 is 5.97 Å². The third kappa shape index (κ3) is 3.36. The number of amides is 2. The van der Waals surface area contributed by atoms with Crippen molar-refractivity contribution in [2.75, 3.05) is 18.0 Å². The van der Waals surface area contributed by atoms with Crippen LogP contribution in [0.2, 0.25) is 0 Å². The number of thiazole rings is 1. The van der Waals surface area contributed by atoms with Crippen molar-refractivity contribution < 1.29 is 19.5 Å². The molecule has 2 amide bonds. The highest BCUT2D eigenvalue weighted by Crippen LogP contribution is 2.44. The number of hydrogen-bond donors (Lipinski definition) is 1. The second-order valence-corrected chi connectivity index (χ2v) is 7.87. The first-order chi connectivity index (χ1) is 14.0. The van der Waals surface area contributed by atoms with Crippen molar-refractivity contribution in [1.29, 1.82) is 0 Å². The quantitative estimate of drug-likeness (QED) is 0.583. The van der Waals surface area contributed by atoms with Gasteiger partial charge in [-0.3, -0.25) is 24.2 Å². The molecule has 1 N–H and O–H groups in total. The lowest BCUT2D eigenvalue weighted by Crippen LogP contribution is -2.33. The highest BCUT2D eigenvalue weighted by Gasteiger charge is 2.42. The van der Waals surface area contributed by atoms with Crippen molar-refractivity contribution in [1.82, 2.24) is 9.88 Å². The van der Waals surface area contributed by atoms with Crippen LogP contribution in [0.5, 0.6) is 0 Å². The SMILES string of the molecule is C=CCN1C(=O)/C(=C2/C(=O)N(CC(=O)O)c3ccccc32)S/C1=N\c1nccs1. The van der Waals surface area contributed by atoms with Gasteiger partial charge in [0.05, 0.1) is 16.2 Å². The van der Waals surface area contributed by atoms with Gasteiger partial charge in [0, 0.05) is 23.7 Å². The van der Waals surface area contributed by atoms with Gasteiger partial charge in [0.1, 0.15) is 6.54 Å². The average molecular weight is 426 g/mol. The second kappa shape index (κ2) is 7.64. The molecule has 0 atom stereocenters. The zero-order valence-corrected chi connectivity index (χ0v) is 16.6. The summed E-state index contributed by atoms with van der Waals surface area (Å²) < 4.78 is 0. The Kier molecular flexibility index (Phi) is 5.03. The molecule has 0 spiro atoms. The molecule has 0 bridgehead atoms. The number of carbonyl (C=O) groups excluding carboxylic acids is 2. The monoisotopic (exact) mass is 426 g/mol. The molecule has 0 saturated carbocycles. The lowest BCUT2D eigenvalue weighted by Gasteiger charge is -2.13. The summed E-state index contributed by atoms with van der Waals surface area (Å²) in [6.07, 6.45) is 3.19. The fraction of sp³-hybridized carbons (Fsp3) is 0.105. The first-order valence-electron chi connectivity index (χ1n) is 8.47. The molecule has 146 valence electrons. The minimum absolute atomic E-state index is 0.190. The molecule has 0 aliphatic carbocycles. The first-order valence-corrected chi connectivity index (χ1v) is 10.2. The van der Waals surface area contributed by atoms with E-state index in [0.717, 1.165) is 11.8 Å². The predicted molar refractivity (Wildman–Crippen MR) is 112 cm³/mol. The topological polar surface area (TPSA) is 103 Å². The number of aromatic nitrogens is 1. The number of thioether (sulfide) groups is 1. The summed E-state index contributed by atoms with van der Waals surface area (Å²) in [7, 11) is 0. The molecule has 4 rings (SSSR count). The maximum atomic E-state index is 13.1. The van der Waals surface area contributed by atoms with Crippen molar-refractivity contribution >= 4 is 62.4 Å². The number of aliphatic carboxylic acids is 1. The molecule has 1 saturated heterocycles. The van der Waals surface area contributed by atoms with Gasteiger partial charge in [0.2, 0.25) is 5.13 Å². The number of amidine groups is 1. The largest absolute Gasteiger partial charge is 0.480 e. The van der Waals surface area contributed by atoms with Crippen LogP contribution in [0.25, 0.3) is 5.57 Å². The summed E-state index contributed by atoms with van der Waals surface area (Å²) in [5.74, 6) is -2.02. The van der Waals surface area contributed by atoms with Crippen molar-refractivity contribution in [2.24, 2.45) is 4.99 Å². The number of anilines is 1.